The Bertz CT molecular complexity index is 763. The lowest BCUT2D eigenvalue weighted by molar-refractivity contribution is 0.0728. The summed E-state index contributed by atoms with van der Waals surface area (Å²) in [5, 5.41) is 0. The maximum atomic E-state index is 12.1. The zero-order valence-corrected chi connectivity index (χ0v) is 13.1. The van der Waals surface area contributed by atoms with Gasteiger partial charge in [0, 0.05) is 6.26 Å². The van der Waals surface area contributed by atoms with Crippen molar-refractivity contribution in [2.75, 3.05) is 12.9 Å². The molecular formula is C16H16O5S. The molecule has 2 aromatic carbocycles. The topological polar surface area (TPSA) is 69.7 Å². The van der Waals surface area contributed by atoms with Crippen molar-refractivity contribution >= 4 is 15.8 Å². The van der Waals surface area contributed by atoms with E-state index in [0.717, 1.165) is 6.26 Å². The first-order valence-corrected chi connectivity index (χ1v) is 8.55. The van der Waals surface area contributed by atoms with Crippen molar-refractivity contribution in [2.24, 2.45) is 0 Å². The molecule has 0 amide bonds. The van der Waals surface area contributed by atoms with Crippen molar-refractivity contribution in [1.29, 1.82) is 0 Å². The van der Waals surface area contributed by atoms with Crippen LogP contribution in [0.5, 0.6) is 11.5 Å². The van der Waals surface area contributed by atoms with Crippen LogP contribution in [0.25, 0.3) is 0 Å². The highest BCUT2D eigenvalue weighted by Gasteiger charge is 2.13. The number of para-hydroxylation sites is 2. The first-order valence-electron chi connectivity index (χ1n) is 6.66. The SMILES string of the molecule is CCOc1ccccc1OC(=O)c1ccc(S(C)(=O)=O)cc1. The van der Waals surface area contributed by atoms with Gasteiger partial charge in [-0.1, -0.05) is 12.1 Å². The molecule has 0 bridgehead atoms. The molecule has 0 saturated carbocycles. The van der Waals surface area contributed by atoms with E-state index >= 15 is 0 Å². The van der Waals surface area contributed by atoms with Gasteiger partial charge in [-0.3, -0.25) is 0 Å². The van der Waals surface area contributed by atoms with Crippen molar-refractivity contribution in [1.82, 2.24) is 0 Å². The van der Waals surface area contributed by atoms with Crippen LogP contribution < -0.4 is 9.47 Å². The van der Waals surface area contributed by atoms with E-state index in [0.29, 0.717) is 18.1 Å². The number of benzene rings is 2. The zero-order valence-electron chi connectivity index (χ0n) is 12.3. The second-order valence-corrected chi connectivity index (χ2v) is 6.58. The van der Waals surface area contributed by atoms with Gasteiger partial charge in [-0.2, -0.15) is 0 Å². The minimum Gasteiger partial charge on any atom is -0.490 e. The molecule has 0 saturated heterocycles. The summed E-state index contributed by atoms with van der Waals surface area (Å²) < 4.78 is 33.5. The van der Waals surface area contributed by atoms with Gasteiger partial charge >= 0.3 is 5.97 Å². The molecule has 0 aliphatic heterocycles. The first kappa shape index (κ1) is 16.0. The normalized spacial score (nSPS) is 11.0. The second kappa shape index (κ2) is 6.62. The Kier molecular flexibility index (Phi) is 4.82. The Morgan fingerprint density at radius 3 is 2.14 bits per heavy atom. The predicted octanol–water partition coefficient (Wildman–Crippen LogP) is 2.71. The van der Waals surface area contributed by atoms with Crippen LogP contribution in [-0.4, -0.2) is 27.2 Å². The molecule has 0 spiro atoms. The maximum absolute atomic E-state index is 12.1. The highest BCUT2D eigenvalue weighted by Crippen LogP contribution is 2.27. The van der Waals surface area contributed by atoms with Crippen LogP contribution in [0.15, 0.2) is 53.4 Å². The number of rotatable bonds is 5. The van der Waals surface area contributed by atoms with Gasteiger partial charge in [0.1, 0.15) is 0 Å². The molecule has 0 aliphatic carbocycles. The highest BCUT2D eigenvalue weighted by atomic mass is 32.2. The Balaban J connectivity index is 2.19. The van der Waals surface area contributed by atoms with Crippen molar-refractivity contribution in [3.8, 4) is 11.5 Å². The molecule has 0 unspecified atom stereocenters. The van der Waals surface area contributed by atoms with E-state index in [2.05, 4.69) is 0 Å². The fourth-order valence-electron chi connectivity index (χ4n) is 1.81. The van der Waals surface area contributed by atoms with E-state index in [9.17, 15) is 13.2 Å². The van der Waals surface area contributed by atoms with E-state index in [1.54, 1.807) is 24.3 Å². The largest absolute Gasteiger partial charge is 0.490 e. The highest BCUT2D eigenvalue weighted by molar-refractivity contribution is 7.90. The van der Waals surface area contributed by atoms with Gasteiger partial charge in [0.05, 0.1) is 17.1 Å². The van der Waals surface area contributed by atoms with Crippen LogP contribution in [0.2, 0.25) is 0 Å². The lowest BCUT2D eigenvalue weighted by Crippen LogP contribution is -2.10. The van der Waals surface area contributed by atoms with Gasteiger partial charge in [-0.25, -0.2) is 13.2 Å². The summed E-state index contributed by atoms with van der Waals surface area (Å²) >= 11 is 0. The van der Waals surface area contributed by atoms with Crippen molar-refractivity contribution < 1.29 is 22.7 Å². The summed E-state index contributed by atoms with van der Waals surface area (Å²) in [6.45, 7) is 2.29. The fourth-order valence-corrected chi connectivity index (χ4v) is 2.44. The van der Waals surface area contributed by atoms with Crippen molar-refractivity contribution in [3.05, 3.63) is 54.1 Å². The van der Waals surface area contributed by atoms with E-state index < -0.39 is 15.8 Å². The van der Waals surface area contributed by atoms with Crippen molar-refractivity contribution in [3.63, 3.8) is 0 Å². The molecule has 0 aromatic heterocycles. The van der Waals surface area contributed by atoms with E-state index in [1.165, 1.54) is 24.3 Å². The Morgan fingerprint density at radius 2 is 1.59 bits per heavy atom. The average Bonchev–Trinajstić information content (AvgIpc) is 2.49. The minimum atomic E-state index is -3.29. The van der Waals surface area contributed by atoms with Gasteiger partial charge in [-0.05, 0) is 43.3 Å². The smallest absolute Gasteiger partial charge is 0.343 e. The standard InChI is InChI=1S/C16H16O5S/c1-3-20-14-6-4-5-7-15(14)21-16(17)12-8-10-13(11-9-12)22(2,18)19/h4-11H,3H2,1-2H3. The molecule has 0 aliphatic rings. The lowest BCUT2D eigenvalue weighted by atomic mass is 10.2. The minimum absolute atomic E-state index is 0.152. The predicted molar refractivity (Wildman–Crippen MR) is 82.1 cm³/mol. The zero-order chi connectivity index (χ0) is 16.2. The van der Waals surface area contributed by atoms with E-state index in [4.69, 9.17) is 9.47 Å². The number of hydrogen-bond donors (Lipinski definition) is 0. The molecule has 0 atom stereocenters. The molecule has 0 N–H and O–H groups in total. The molecule has 6 heteroatoms. The molecular weight excluding hydrogens is 304 g/mol. The lowest BCUT2D eigenvalue weighted by Gasteiger charge is -2.10. The third-order valence-corrected chi connectivity index (χ3v) is 4.00. The summed E-state index contributed by atoms with van der Waals surface area (Å²) in [5.41, 5.74) is 0.263. The summed E-state index contributed by atoms with van der Waals surface area (Å²) in [6, 6.07) is 12.4. The van der Waals surface area contributed by atoms with Gasteiger partial charge in [0.15, 0.2) is 21.3 Å². The second-order valence-electron chi connectivity index (χ2n) is 4.57. The first-order chi connectivity index (χ1) is 10.4. The molecule has 2 aromatic rings. The summed E-state index contributed by atoms with van der Waals surface area (Å²) in [6.07, 6.45) is 1.11. The molecule has 116 valence electrons. The molecule has 0 fully saturated rings. The number of esters is 1. The van der Waals surface area contributed by atoms with E-state index in [1.807, 2.05) is 6.92 Å². The summed E-state index contributed by atoms with van der Waals surface area (Å²) in [4.78, 5) is 12.3. The fraction of sp³-hybridized carbons (Fsp3) is 0.188. The number of hydrogen-bond acceptors (Lipinski definition) is 5. The third-order valence-electron chi connectivity index (χ3n) is 2.87. The average molecular weight is 320 g/mol. The summed E-state index contributed by atoms with van der Waals surface area (Å²) in [5.74, 6) is 0.222. The van der Waals surface area contributed by atoms with Gasteiger partial charge < -0.3 is 9.47 Å². The molecule has 0 heterocycles. The van der Waals surface area contributed by atoms with Crippen LogP contribution in [0.4, 0.5) is 0 Å². The van der Waals surface area contributed by atoms with E-state index in [-0.39, 0.29) is 10.5 Å². The Morgan fingerprint density at radius 1 is 1.00 bits per heavy atom. The summed E-state index contributed by atoms with van der Waals surface area (Å²) in [7, 11) is -3.29. The quantitative estimate of drug-likeness (QED) is 0.626. The van der Waals surface area contributed by atoms with Gasteiger partial charge in [0.2, 0.25) is 0 Å². The van der Waals surface area contributed by atoms with Crippen LogP contribution in [-0.2, 0) is 9.84 Å². The van der Waals surface area contributed by atoms with Crippen LogP contribution in [0.3, 0.4) is 0 Å². The molecule has 22 heavy (non-hydrogen) atoms. The maximum Gasteiger partial charge on any atom is 0.343 e. The van der Waals surface area contributed by atoms with Crippen LogP contribution >= 0.6 is 0 Å². The number of carbonyl (C=O) groups excluding carboxylic acids is 1. The van der Waals surface area contributed by atoms with Crippen molar-refractivity contribution in [2.45, 2.75) is 11.8 Å². The molecule has 0 radical (unpaired) electrons. The van der Waals surface area contributed by atoms with Crippen LogP contribution in [0.1, 0.15) is 17.3 Å². The molecule has 2 rings (SSSR count). The number of carbonyl (C=O) groups is 1. The number of sulfone groups is 1. The molecule has 5 nitrogen and oxygen atoms in total. The van der Waals surface area contributed by atoms with Crippen LogP contribution in [0, 0.1) is 0 Å². The third kappa shape index (κ3) is 3.85. The van der Waals surface area contributed by atoms with Gasteiger partial charge in [0.25, 0.3) is 0 Å². The van der Waals surface area contributed by atoms with Gasteiger partial charge in [-0.15, -0.1) is 0 Å². The number of ether oxygens (including phenoxy) is 2. The Hall–Kier alpha value is -2.34. The monoisotopic (exact) mass is 320 g/mol. The Labute approximate surface area is 129 Å².